The molecule has 0 fully saturated rings. The van der Waals surface area contributed by atoms with Gasteiger partial charge in [-0.1, -0.05) is 23.7 Å². The normalized spacial score (nSPS) is 11.1. The summed E-state index contributed by atoms with van der Waals surface area (Å²) in [6.07, 6.45) is 0.629. The zero-order valence-corrected chi connectivity index (χ0v) is 11.2. The number of anilines is 1. The van der Waals surface area contributed by atoms with Gasteiger partial charge in [-0.15, -0.1) is 0 Å². The Morgan fingerprint density at radius 2 is 1.95 bits per heavy atom. The van der Waals surface area contributed by atoms with E-state index in [0.29, 0.717) is 23.6 Å². The molecule has 3 rings (SSSR count). The molecule has 0 aliphatic rings. The Labute approximate surface area is 116 Å². The van der Waals surface area contributed by atoms with Crippen LogP contribution in [0.5, 0.6) is 0 Å². The highest BCUT2D eigenvalue weighted by atomic mass is 35.5. The molecule has 0 atom stereocenters. The molecular formula is C15H13ClN2O. The molecule has 96 valence electrons. The highest BCUT2D eigenvalue weighted by molar-refractivity contribution is 6.30. The van der Waals surface area contributed by atoms with Crippen molar-refractivity contribution < 1.29 is 4.42 Å². The number of nitrogens with zero attached hydrogens (tertiary/aromatic N) is 1. The Bertz CT molecular complexity index is 732. The molecular weight excluding hydrogens is 260 g/mol. The number of benzene rings is 2. The molecule has 3 aromatic rings. The number of hydrogen-bond donors (Lipinski definition) is 1. The fraction of sp³-hybridized carbons (Fsp3) is 0.133. The molecule has 0 saturated carbocycles. The van der Waals surface area contributed by atoms with Gasteiger partial charge in [0.25, 0.3) is 0 Å². The Hall–Kier alpha value is -2.00. The van der Waals surface area contributed by atoms with E-state index < -0.39 is 0 Å². The van der Waals surface area contributed by atoms with Crippen molar-refractivity contribution >= 4 is 28.4 Å². The third kappa shape index (κ3) is 2.42. The first kappa shape index (κ1) is 12.1. The second-order valence-corrected chi connectivity index (χ2v) is 5.05. The molecule has 2 N–H and O–H groups in total. The maximum Gasteiger partial charge on any atom is 0.200 e. The van der Waals surface area contributed by atoms with E-state index in [4.69, 9.17) is 21.8 Å². The van der Waals surface area contributed by atoms with Crippen LogP contribution in [0.1, 0.15) is 17.0 Å². The second kappa shape index (κ2) is 4.59. The van der Waals surface area contributed by atoms with E-state index in [1.165, 1.54) is 0 Å². The highest BCUT2D eigenvalue weighted by Gasteiger charge is 2.09. The Kier molecular flexibility index (Phi) is 2.91. The number of hydrogen-bond acceptors (Lipinski definition) is 3. The molecule has 4 heteroatoms. The fourth-order valence-corrected chi connectivity index (χ4v) is 2.23. The lowest BCUT2D eigenvalue weighted by Crippen LogP contribution is -1.87. The number of fused-ring (bicyclic) bond motifs is 1. The zero-order chi connectivity index (χ0) is 13.4. The van der Waals surface area contributed by atoms with E-state index in [1.807, 2.05) is 43.3 Å². The van der Waals surface area contributed by atoms with Crippen LogP contribution in [-0.2, 0) is 6.42 Å². The van der Waals surface area contributed by atoms with Gasteiger partial charge in [0.2, 0.25) is 0 Å². The molecule has 0 radical (unpaired) electrons. The average Bonchev–Trinajstić information content (AvgIpc) is 2.75. The molecule has 0 amide bonds. The minimum atomic E-state index is 0.629. The van der Waals surface area contributed by atoms with Crippen LogP contribution >= 0.6 is 11.6 Å². The van der Waals surface area contributed by atoms with E-state index in [-0.39, 0.29) is 0 Å². The molecule has 0 aliphatic carbocycles. The summed E-state index contributed by atoms with van der Waals surface area (Å²) in [5.74, 6) is 0.662. The molecule has 1 aromatic heterocycles. The molecule has 2 aromatic carbocycles. The Morgan fingerprint density at radius 1 is 1.21 bits per heavy atom. The Balaban J connectivity index is 1.97. The summed E-state index contributed by atoms with van der Waals surface area (Å²) in [6.45, 7) is 1.99. The van der Waals surface area contributed by atoms with Crippen molar-refractivity contribution in [3.05, 3.63) is 58.4 Å². The van der Waals surface area contributed by atoms with Gasteiger partial charge >= 0.3 is 0 Å². The van der Waals surface area contributed by atoms with E-state index >= 15 is 0 Å². The molecule has 0 unspecified atom stereocenters. The maximum absolute atomic E-state index is 5.93. The monoisotopic (exact) mass is 272 g/mol. The van der Waals surface area contributed by atoms with Gasteiger partial charge in [0.15, 0.2) is 11.5 Å². The summed E-state index contributed by atoms with van der Waals surface area (Å²) >= 11 is 5.86. The van der Waals surface area contributed by atoms with Crippen LogP contribution in [0.15, 0.2) is 40.8 Å². The van der Waals surface area contributed by atoms with Gasteiger partial charge in [0.1, 0.15) is 5.52 Å². The van der Waals surface area contributed by atoms with Gasteiger partial charge < -0.3 is 10.2 Å². The van der Waals surface area contributed by atoms with Crippen LogP contribution < -0.4 is 5.73 Å². The van der Waals surface area contributed by atoms with Crippen molar-refractivity contribution in [2.24, 2.45) is 0 Å². The average molecular weight is 273 g/mol. The van der Waals surface area contributed by atoms with Crippen molar-refractivity contribution in [1.29, 1.82) is 0 Å². The van der Waals surface area contributed by atoms with Crippen LogP contribution in [0.25, 0.3) is 11.1 Å². The number of aryl methyl sites for hydroxylation is 1. The van der Waals surface area contributed by atoms with Crippen molar-refractivity contribution in [3.63, 3.8) is 0 Å². The lowest BCUT2D eigenvalue weighted by molar-refractivity contribution is 0.545. The van der Waals surface area contributed by atoms with Gasteiger partial charge in [-0.25, -0.2) is 4.98 Å². The molecule has 0 saturated heterocycles. The standard InChI is InChI=1S/C15H13ClN2O/c1-9-6-12(17)15-13(7-9)18-14(19-15)8-10-2-4-11(16)5-3-10/h2-7H,8,17H2,1H3. The van der Waals surface area contributed by atoms with Gasteiger partial charge in [0.05, 0.1) is 5.69 Å². The van der Waals surface area contributed by atoms with Crippen LogP contribution in [-0.4, -0.2) is 4.98 Å². The van der Waals surface area contributed by atoms with Gasteiger partial charge in [0, 0.05) is 11.4 Å². The van der Waals surface area contributed by atoms with Crippen molar-refractivity contribution in [2.45, 2.75) is 13.3 Å². The first-order chi connectivity index (χ1) is 9.11. The maximum atomic E-state index is 5.93. The number of oxazole rings is 1. The smallest absolute Gasteiger partial charge is 0.200 e. The predicted molar refractivity (Wildman–Crippen MR) is 77.4 cm³/mol. The topological polar surface area (TPSA) is 52.0 Å². The summed E-state index contributed by atoms with van der Waals surface area (Å²) in [5.41, 5.74) is 10.2. The quantitative estimate of drug-likeness (QED) is 0.718. The highest BCUT2D eigenvalue weighted by Crippen LogP contribution is 2.25. The van der Waals surface area contributed by atoms with Gasteiger partial charge in [-0.3, -0.25) is 0 Å². The van der Waals surface area contributed by atoms with E-state index in [2.05, 4.69) is 4.98 Å². The van der Waals surface area contributed by atoms with Crippen LogP contribution in [0.2, 0.25) is 5.02 Å². The zero-order valence-electron chi connectivity index (χ0n) is 10.5. The number of rotatable bonds is 2. The lowest BCUT2D eigenvalue weighted by Gasteiger charge is -1.97. The summed E-state index contributed by atoms with van der Waals surface area (Å²) in [4.78, 5) is 4.47. The molecule has 0 aliphatic heterocycles. The minimum absolute atomic E-state index is 0.629. The van der Waals surface area contributed by atoms with E-state index in [1.54, 1.807) is 0 Å². The van der Waals surface area contributed by atoms with Crippen LogP contribution in [0, 0.1) is 6.92 Å². The van der Waals surface area contributed by atoms with Crippen molar-refractivity contribution in [2.75, 3.05) is 5.73 Å². The summed E-state index contributed by atoms with van der Waals surface area (Å²) in [5, 5.41) is 0.723. The fourth-order valence-electron chi connectivity index (χ4n) is 2.10. The molecule has 0 bridgehead atoms. The van der Waals surface area contributed by atoms with Crippen LogP contribution in [0.4, 0.5) is 5.69 Å². The molecule has 1 heterocycles. The SMILES string of the molecule is Cc1cc(N)c2oc(Cc3ccc(Cl)cc3)nc2c1. The van der Waals surface area contributed by atoms with E-state index in [9.17, 15) is 0 Å². The van der Waals surface area contributed by atoms with Crippen molar-refractivity contribution in [3.8, 4) is 0 Å². The minimum Gasteiger partial charge on any atom is -0.438 e. The predicted octanol–water partition coefficient (Wildman–Crippen LogP) is 3.96. The first-order valence-corrected chi connectivity index (χ1v) is 6.39. The summed E-state index contributed by atoms with van der Waals surface area (Å²) in [6, 6.07) is 11.5. The molecule has 0 spiro atoms. The largest absolute Gasteiger partial charge is 0.438 e. The number of aromatic nitrogens is 1. The van der Waals surface area contributed by atoms with E-state index in [0.717, 1.165) is 21.7 Å². The lowest BCUT2D eigenvalue weighted by atomic mass is 10.1. The first-order valence-electron chi connectivity index (χ1n) is 6.02. The van der Waals surface area contributed by atoms with Gasteiger partial charge in [-0.05, 0) is 42.3 Å². The Morgan fingerprint density at radius 3 is 2.68 bits per heavy atom. The third-order valence-corrected chi connectivity index (χ3v) is 3.23. The number of halogens is 1. The van der Waals surface area contributed by atoms with Crippen LogP contribution in [0.3, 0.4) is 0 Å². The van der Waals surface area contributed by atoms with Crippen molar-refractivity contribution in [1.82, 2.24) is 4.98 Å². The summed E-state index contributed by atoms with van der Waals surface area (Å²) < 4.78 is 5.72. The number of nitrogen functional groups attached to an aromatic ring is 1. The second-order valence-electron chi connectivity index (χ2n) is 4.61. The number of nitrogens with two attached hydrogens (primary N) is 1. The summed E-state index contributed by atoms with van der Waals surface area (Å²) in [7, 11) is 0. The molecule has 3 nitrogen and oxygen atoms in total. The third-order valence-electron chi connectivity index (χ3n) is 2.98. The van der Waals surface area contributed by atoms with Gasteiger partial charge in [-0.2, -0.15) is 0 Å². The molecule has 19 heavy (non-hydrogen) atoms.